The standard InChI is InChI=1S/C49H76O20/c1-21-43(67-38-17-32(53)44(22(2)62-38)68-39-18-33(64-24(4)51)45(23(3)63-39)69-46-42(58)41(57)40(56)34(19-50)66-46)31(52)16-37(61-21)65-27-9-11-47(5)26(14-27)7-8-29-30(47)15-35(54)48(6)28(10-12-49(29,48)59)25-13-36(55)60-20-25/h13,21-23,26-35,37-46,50,52-54,56-59H,7-12,14-20H2,1-6H3/t21-,22-,23-,26+,27+,28-,29-,30-,31+,32+,33+,34-,35-,37+,38+,39+,40-,41+,42-,43+,44+,45+,46-,47+,48+,49+/m1/s1. The molecule has 8 fully saturated rings. The fourth-order valence-electron chi connectivity index (χ4n) is 14.6. The molecule has 5 heterocycles. The number of ether oxygens (including phenoxy) is 10. The summed E-state index contributed by atoms with van der Waals surface area (Å²) in [6, 6.07) is 0. The first-order valence-corrected chi connectivity index (χ1v) is 25.3. The summed E-state index contributed by atoms with van der Waals surface area (Å²) in [7, 11) is 0. The van der Waals surface area contributed by atoms with Gasteiger partial charge in [0.15, 0.2) is 25.2 Å². The van der Waals surface area contributed by atoms with Gasteiger partial charge in [0, 0.05) is 37.7 Å². The van der Waals surface area contributed by atoms with Gasteiger partial charge in [0.05, 0.1) is 54.9 Å². The zero-order valence-electron chi connectivity index (χ0n) is 40.5. The van der Waals surface area contributed by atoms with Crippen LogP contribution in [0.25, 0.3) is 0 Å². The monoisotopic (exact) mass is 984 g/mol. The molecule has 392 valence electrons. The van der Waals surface area contributed by atoms with Gasteiger partial charge in [0.1, 0.15) is 55.4 Å². The Morgan fingerprint density at radius 3 is 1.93 bits per heavy atom. The molecule has 8 N–H and O–H groups in total. The van der Waals surface area contributed by atoms with Crippen molar-refractivity contribution >= 4 is 11.9 Å². The molecule has 0 spiro atoms. The van der Waals surface area contributed by atoms with Gasteiger partial charge in [-0.3, -0.25) is 4.79 Å². The third-order valence-electron chi connectivity index (χ3n) is 18.4. The lowest BCUT2D eigenvalue weighted by molar-refractivity contribution is -0.355. The van der Waals surface area contributed by atoms with E-state index < -0.39 is 134 Å². The van der Waals surface area contributed by atoms with E-state index >= 15 is 0 Å². The minimum atomic E-state index is -1.69. The van der Waals surface area contributed by atoms with Crippen LogP contribution in [0.5, 0.6) is 0 Å². The van der Waals surface area contributed by atoms with Crippen LogP contribution in [0.3, 0.4) is 0 Å². The van der Waals surface area contributed by atoms with Crippen LogP contribution in [0.4, 0.5) is 0 Å². The van der Waals surface area contributed by atoms with Crippen LogP contribution < -0.4 is 0 Å². The second-order valence-electron chi connectivity index (χ2n) is 22.2. The number of carbonyl (C=O) groups is 2. The van der Waals surface area contributed by atoms with Gasteiger partial charge in [-0.25, -0.2) is 4.79 Å². The molecule has 9 aliphatic rings. The van der Waals surface area contributed by atoms with Crippen LogP contribution in [-0.4, -0.2) is 188 Å². The predicted octanol–water partition coefficient (Wildman–Crippen LogP) is 0.613. The normalized spacial score (nSPS) is 53.3. The van der Waals surface area contributed by atoms with Crippen molar-refractivity contribution < 1.29 is 97.8 Å². The molecule has 0 bridgehead atoms. The van der Waals surface area contributed by atoms with Crippen molar-refractivity contribution in [1.82, 2.24) is 0 Å². The largest absolute Gasteiger partial charge is 0.459 e. The molecule has 4 aliphatic carbocycles. The fourth-order valence-corrected chi connectivity index (χ4v) is 14.6. The molecule has 0 unspecified atom stereocenters. The molecule has 4 saturated heterocycles. The molecular weight excluding hydrogens is 909 g/mol. The van der Waals surface area contributed by atoms with Crippen molar-refractivity contribution in [1.29, 1.82) is 0 Å². The molecular formula is C49H76O20. The van der Waals surface area contributed by atoms with Crippen molar-refractivity contribution in [3.63, 3.8) is 0 Å². The number of aliphatic hydroxyl groups is 8. The van der Waals surface area contributed by atoms with E-state index in [2.05, 4.69) is 6.92 Å². The average Bonchev–Trinajstić information content (AvgIpc) is 3.84. The van der Waals surface area contributed by atoms with E-state index in [-0.39, 0.29) is 61.1 Å². The summed E-state index contributed by atoms with van der Waals surface area (Å²) in [4.78, 5) is 24.2. The lowest BCUT2D eigenvalue weighted by Crippen LogP contribution is -2.67. The molecule has 20 nitrogen and oxygen atoms in total. The van der Waals surface area contributed by atoms with Gasteiger partial charge in [0.25, 0.3) is 0 Å². The van der Waals surface area contributed by atoms with Crippen LogP contribution in [0.2, 0.25) is 0 Å². The summed E-state index contributed by atoms with van der Waals surface area (Å²) in [6.45, 7) is 10.3. The van der Waals surface area contributed by atoms with Crippen LogP contribution >= 0.6 is 0 Å². The van der Waals surface area contributed by atoms with E-state index in [1.165, 1.54) is 6.92 Å². The summed E-state index contributed by atoms with van der Waals surface area (Å²) >= 11 is 0. The summed E-state index contributed by atoms with van der Waals surface area (Å²) in [5.74, 6) is -0.580. The lowest BCUT2D eigenvalue weighted by atomic mass is 9.42. The molecule has 0 aromatic rings. The van der Waals surface area contributed by atoms with E-state index in [1.54, 1.807) is 26.8 Å². The molecule has 0 aromatic heterocycles. The Balaban J connectivity index is 0.752. The number of cyclic esters (lactones) is 1. The third kappa shape index (κ3) is 9.48. The Bertz CT molecular complexity index is 1850. The molecule has 0 aromatic carbocycles. The molecule has 5 aliphatic heterocycles. The number of carbonyl (C=O) groups excluding carboxylic acids is 2. The van der Waals surface area contributed by atoms with Crippen LogP contribution in [0.15, 0.2) is 11.6 Å². The number of esters is 2. The summed E-state index contributed by atoms with van der Waals surface area (Å²) in [5, 5.41) is 88.1. The first-order valence-electron chi connectivity index (χ1n) is 25.3. The van der Waals surface area contributed by atoms with Gasteiger partial charge < -0.3 is 88.2 Å². The van der Waals surface area contributed by atoms with Crippen LogP contribution in [-0.2, 0) is 57.0 Å². The summed E-state index contributed by atoms with van der Waals surface area (Å²) in [5.41, 5.74) is -1.01. The quantitative estimate of drug-likeness (QED) is 0.104. The Kier molecular flexibility index (Phi) is 15.1. The topological polar surface area (TPSA) is 288 Å². The highest BCUT2D eigenvalue weighted by molar-refractivity contribution is 5.85. The predicted molar refractivity (Wildman–Crippen MR) is 235 cm³/mol. The second kappa shape index (κ2) is 20.0. The highest BCUT2D eigenvalue weighted by Gasteiger charge is 2.71. The minimum absolute atomic E-state index is 0.00421. The first kappa shape index (κ1) is 51.9. The SMILES string of the molecule is CC(=O)O[C@H]1C[C@H](O[C@@H]2[C@@H](O)C[C@H](O[C@@H]3[C@@H](O)C[C@H](O[C@H]4CC[C@@]5(C)[C@@H](CC[C@@H]6[C@H]5C[C@@H](O)[C@]5(C)[C@@H](C7=CC(=O)OC7)CC[C@]65O)C4)O[C@@H]3C)O[C@@H]2C)O[C@H](C)[C@@H]1O[C@H]1O[C@H](CO)[C@@H](O)[C@H](O)[C@H]1O. The first-order chi connectivity index (χ1) is 32.6. The minimum Gasteiger partial charge on any atom is -0.459 e. The molecule has 4 saturated carbocycles. The zero-order valence-corrected chi connectivity index (χ0v) is 40.5. The van der Waals surface area contributed by atoms with E-state index in [0.29, 0.717) is 25.2 Å². The molecule has 0 amide bonds. The molecule has 20 heteroatoms. The third-order valence-corrected chi connectivity index (χ3v) is 18.4. The van der Waals surface area contributed by atoms with Crippen LogP contribution in [0.1, 0.15) is 112 Å². The highest BCUT2D eigenvalue weighted by atomic mass is 16.8. The Hall–Kier alpha value is -1.96. The number of hydrogen-bond donors (Lipinski definition) is 8. The molecule has 0 radical (unpaired) electrons. The number of hydrogen-bond acceptors (Lipinski definition) is 20. The maximum Gasteiger partial charge on any atom is 0.331 e. The van der Waals surface area contributed by atoms with E-state index in [0.717, 1.165) is 37.7 Å². The summed E-state index contributed by atoms with van der Waals surface area (Å²) in [6.07, 6.45) is -11.1. The Labute approximate surface area is 402 Å². The van der Waals surface area contributed by atoms with E-state index in [1.807, 2.05) is 6.92 Å². The van der Waals surface area contributed by atoms with E-state index in [4.69, 9.17) is 47.4 Å². The second-order valence-corrected chi connectivity index (χ2v) is 22.2. The Morgan fingerprint density at radius 2 is 1.33 bits per heavy atom. The average molecular weight is 985 g/mol. The molecule has 69 heavy (non-hydrogen) atoms. The van der Waals surface area contributed by atoms with Gasteiger partial charge in [-0.2, -0.15) is 0 Å². The summed E-state index contributed by atoms with van der Waals surface area (Å²) < 4.78 is 60.1. The number of fused-ring (bicyclic) bond motifs is 5. The highest BCUT2D eigenvalue weighted by Crippen LogP contribution is 2.70. The molecule has 26 atom stereocenters. The van der Waals surface area contributed by atoms with Crippen LogP contribution in [0, 0.1) is 34.5 Å². The maximum absolute atomic E-state index is 12.6. The fraction of sp³-hybridized carbons (Fsp3) is 0.918. The van der Waals surface area contributed by atoms with Gasteiger partial charge in [0.2, 0.25) is 0 Å². The van der Waals surface area contributed by atoms with Crippen molar-refractivity contribution in [2.24, 2.45) is 34.5 Å². The maximum atomic E-state index is 12.6. The zero-order chi connectivity index (χ0) is 49.5. The number of rotatable bonds is 11. The van der Waals surface area contributed by atoms with Gasteiger partial charge >= 0.3 is 11.9 Å². The van der Waals surface area contributed by atoms with Crippen molar-refractivity contribution in [2.75, 3.05) is 13.2 Å². The van der Waals surface area contributed by atoms with Gasteiger partial charge in [-0.15, -0.1) is 0 Å². The van der Waals surface area contributed by atoms with Crippen molar-refractivity contribution in [3.05, 3.63) is 11.6 Å². The van der Waals surface area contributed by atoms with Gasteiger partial charge in [-0.05, 0) is 107 Å². The van der Waals surface area contributed by atoms with Gasteiger partial charge in [-0.1, -0.05) is 13.8 Å². The Morgan fingerprint density at radius 1 is 0.710 bits per heavy atom. The van der Waals surface area contributed by atoms with E-state index in [9.17, 15) is 50.4 Å². The van der Waals surface area contributed by atoms with Crippen molar-refractivity contribution in [3.8, 4) is 0 Å². The molecule has 9 rings (SSSR count). The van der Waals surface area contributed by atoms with Crippen molar-refractivity contribution in [2.45, 2.75) is 234 Å². The number of aliphatic hydroxyl groups excluding tert-OH is 7. The lowest BCUT2D eigenvalue weighted by Gasteiger charge is -2.65. The smallest absolute Gasteiger partial charge is 0.331 e.